The summed E-state index contributed by atoms with van der Waals surface area (Å²) in [6.45, 7) is 12.1. The highest BCUT2D eigenvalue weighted by Gasteiger charge is 2.41. The molecule has 0 saturated heterocycles. The molecule has 11 rings (SSSR count). The van der Waals surface area contributed by atoms with Crippen molar-refractivity contribution in [1.82, 2.24) is 27.5 Å². The first-order chi connectivity index (χ1) is 30.9. The summed E-state index contributed by atoms with van der Waals surface area (Å²) in [6.07, 6.45) is 13.0. The van der Waals surface area contributed by atoms with Crippen LogP contribution in [-0.2, 0) is 0 Å². The normalized spacial score (nSPS) is 15.2. The molecule has 0 aliphatic carbocycles. The predicted molar refractivity (Wildman–Crippen MR) is 279 cm³/mol. The standard InChI is InChI=1S/C50H48N6S6Si/c1-6-9-15-27(4)28(5)40-47(33-25-52-44(46-42(33)54-62-56-46)38-22-31-18-12-14-20-35(31)58-38)60-49-48-39(63(50(40)49)26-29(8-3)16-10-7-2)23-36(59-48)32-24-51-43(45-41(32)53-61-55-45)37-21-30-17-11-13-19-34(30)57-37/h11-14,17-25,27-29,63H,6-10,15-16,26H2,1-5H3. The molecule has 2 aromatic carbocycles. The number of rotatable bonds is 15. The first kappa shape index (κ1) is 41.6. The van der Waals surface area contributed by atoms with E-state index >= 15 is 0 Å². The summed E-state index contributed by atoms with van der Waals surface area (Å²) < 4.78 is 22.4. The minimum Gasteiger partial charge on any atom is -0.252 e. The Kier molecular flexibility index (Phi) is 11.5. The molecule has 0 fully saturated rings. The van der Waals surface area contributed by atoms with Gasteiger partial charge in [0.15, 0.2) is 0 Å². The number of benzene rings is 2. The number of nitrogens with zero attached hydrogens (tertiary/aromatic N) is 6. The van der Waals surface area contributed by atoms with Gasteiger partial charge < -0.3 is 0 Å². The first-order valence-electron chi connectivity index (χ1n) is 22.5. The van der Waals surface area contributed by atoms with Gasteiger partial charge in [0, 0.05) is 52.4 Å². The second kappa shape index (κ2) is 17.4. The Morgan fingerprint density at radius 1 is 0.587 bits per heavy atom. The van der Waals surface area contributed by atoms with Crippen molar-refractivity contribution < 1.29 is 0 Å². The van der Waals surface area contributed by atoms with Crippen LogP contribution >= 0.6 is 68.8 Å². The van der Waals surface area contributed by atoms with Crippen LogP contribution in [0.4, 0.5) is 0 Å². The van der Waals surface area contributed by atoms with Crippen molar-refractivity contribution in [3.8, 4) is 51.8 Å². The minimum atomic E-state index is -1.69. The van der Waals surface area contributed by atoms with Gasteiger partial charge in [0.25, 0.3) is 0 Å². The van der Waals surface area contributed by atoms with Crippen LogP contribution in [0, 0.1) is 11.8 Å². The molecule has 0 bridgehead atoms. The third-order valence-electron chi connectivity index (χ3n) is 13.5. The van der Waals surface area contributed by atoms with Crippen molar-refractivity contribution in [2.45, 2.75) is 91.5 Å². The summed E-state index contributed by atoms with van der Waals surface area (Å²) in [5, 5.41) is 5.81. The lowest BCUT2D eigenvalue weighted by atomic mass is 9.84. The molecule has 9 heterocycles. The van der Waals surface area contributed by atoms with E-state index in [0.29, 0.717) is 17.8 Å². The highest BCUT2D eigenvalue weighted by molar-refractivity contribution is 7.30. The topological polar surface area (TPSA) is 77.3 Å². The molecule has 6 nitrogen and oxygen atoms in total. The molecule has 0 spiro atoms. The van der Waals surface area contributed by atoms with Gasteiger partial charge >= 0.3 is 0 Å². The van der Waals surface area contributed by atoms with Crippen molar-refractivity contribution in [2.75, 3.05) is 0 Å². The molecule has 4 unspecified atom stereocenters. The van der Waals surface area contributed by atoms with Crippen LogP contribution in [-0.4, -0.2) is 36.3 Å². The van der Waals surface area contributed by atoms with Gasteiger partial charge in [-0.05, 0) is 80.8 Å². The fourth-order valence-electron chi connectivity index (χ4n) is 9.82. The first-order valence-corrected chi connectivity index (χ1v) is 29.1. The molecule has 0 N–H and O–H groups in total. The van der Waals surface area contributed by atoms with Crippen LogP contribution in [0.2, 0.25) is 6.04 Å². The maximum absolute atomic E-state index is 5.28. The van der Waals surface area contributed by atoms with Crippen LogP contribution in [0.25, 0.3) is 94.0 Å². The molecule has 13 heteroatoms. The average Bonchev–Trinajstić information content (AvgIpc) is 4.17. The Hall–Kier alpha value is -4.08. The van der Waals surface area contributed by atoms with E-state index in [0.717, 1.165) is 54.3 Å². The third kappa shape index (κ3) is 7.26. The predicted octanol–water partition coefficient (Wildman–Crippen LogP) is 15.2. The van der Waals surface area contributed by atoms with Gasteiger partial charge in [-0.3, -0.25) is 9.97 Å². The van der Waals surface area contributed by atoms with E-state index in [2.05, 4.69) is 114 Å². The van der Waals surface area contributed by atoms with Crippen LogP contribution in [0.15, 0.2) is 79.1 Å². The minimum absolute atomic E-state index is 0.404. The molecule has 4 atom stereocenters. The van der Waals surface area contributed by atoms with E-state index in [4.69, 9.17) is 27.5 Å². The number of aromatic nitrogens is 6. The lowest BCUT2D eigenvalue weighted by molar-refractivity contribution is 0.439. The van der Waals surface area contributed by atoms with Gasteiger partial charge in [0.2, 0.25) is 0 Å². The van der Waals surface area contributed by atoms with Crippen molar-refractivity contribution >= 4 is 130 Å². The quantitative estimate of drug-likeness (QED) is 0.0953. The van der Waals surface area contributed by atoms with Crippen molar-refractivity contribution in [3.05, 3.63) is 84.7 Å². The lowest BCUT2D eigenvalue weighted by Gasteiger charge is -2.26. The Labute approximate surface area is 394 Å². The fourth-order valence-corrected chi connectivity index (χ4v) is 21.4. The number of hydrogen-bond acceptors (Lipinski definition) is 12. The molecule has 63 heavy (non-hydrogen) atoms. The molecule has 0 radical (unpaired) electrons. The van der Waals surface area contributed by atoms with E-state index in [-0.39, 0.29) is 0 Å². The molecule has 1 aliphatic rings. The molecule has 1 aliphatic heterocycles. The largest absolute Gasteiger partial charge is 0.252 e. The second-order valence-corrected chi connectivity index (χ2v) is 25.4. The zero-order valence-corrected chi connectivity index (χ0v) is 42.2. The lowest BCUT2D eigenvalue weighted by Crippen LogP contribution is -2.41. The molecule has 10 aromatic rings. The highest BCUT2D eigenvalue weighted by atomic mass is 32.1. The van der Waals surface area contributed by atoms with E-state index in [1.54, 1.807) is 38.6 Å². The molecule has 0 saturated carbocycles. The van der Waals surface area contributed by atoms with Gasteiger partial charge in [0.05, 0.1) is 33.2 Å². The van der Waals surface area contributed by atoms with Crippen molar-refractivity contribution in [3.63, 3.8) is 0 Å². The smallest absolute Gasteiger partial charge is 0.132 e. The van der Waals surface area contributed by atoms with Crippen molar-refractivity contribution in [2.24, 2.45) is 11.8 Å². The van der Waals surface area contributed by atoms with Gasteiger partial charge in [0.1, 0.15) is 42.3 Å². The summed E-state index contributed by atoms with van der Waals surface area (Å²) in [5.41, 5.74) is 9.46. The Morgan fingerprint density at radius 2 is 1.17 bits per heavy atom. The van der Waals surface area contributed by atoms with Crippen LogP contribution < -0.4 is 10.4 Å². The molecular weight excluding hydrogens is 905 g/mol. The highest BCUT2D eigenvalue weighted by Crippen LogP contribution is 2.51. The summed E-state index contributed by atoms with van der Waals surface area (Å²) in [7, 11) is -1.69. The summed E-state index contributed by atoms with van der Waals surface area (Å²) in [6, 6.07) is 25.5. The number of pyridine rings is 2. The Bertz CT molecular complexity index is 3210. The van der Waals surface area contributed by atoms with E-state index in [9.17, 15) is 0 Å². The van der Waals surface area contributed by atoms with E-state index in [1.807, 2.05) is 22.7 Å². The van der Waals surface area contributed by atoms with Crippen LogP contribution in [0.1, 0.15) is 91.0 Å². The number of fused-ring (bicyclic) bond motifs is 7. The molecule has 8 aromatic heterocycles. The number of unbranched alkanes of at least 4 members (excludes halogenated alkanes) is 2. The Morgan fingerprint density at radius 3 is 1.79 bits per heavy atom. The maximum atomic E-state index is 5.28. The third-order valence-corrected chi connectivity index (χ3v) is 23.5. The fraction of sp³-hybridized carbons (Fsp3) is 0.320. The van der Waals surface area contributed by atoms with Crippen LogP contribution in [0.3, 0.4) is 0 Å². The molecular formula is C50H48N6S6Si. The maximum Gasteiger partial charge on any atom is 0.132 e. The summed E-state index contributed by atoms with van der Waals surface area (Å²) >= 11 is 10.2. The van der Waals surface area contributed by atoms with E-state index in [1.165, 1.54) is 114 Å². The van der Waals surface area contributed by atoms with Crippen LogP contribution in [0.5, 0.6) is 0 Å². The van der Waals surface area contributed by atoms with Gasteiger partial charge in [-0.25, -0.2) is 0 Å². The molecule has 318 valence electrons. The Balaban J connectivity index is 1.08. The van der Waals surface area contributed by atoms with Gasteiger partial charge in [-0.1, -0.05) is 116 Å². The van der Waals surface area contributed by atoms with Gasteiger partial charge in [-0.2, -0.15) is 17.5 Å². The monoisotopic (exact) mass is 952 g/mol. The SMILES string of the molecule is CCCCC(CC)C[SiH]1c2cc(-c3cnc(-c4cc5ccccc5s4)c4nsnc34)sc2-c2sc(-c3cnc(-c4cc5ccccc5s4)c4nsnc34)c(C(C)C(C)CCCC)c21. The van der Waals surface area contributed by atoms with Crippen molar-refractivity contribution in [1.29, 1.82) is 0 Å². The summed E-state index contributed by atoms with van der Waals surface area (Å²) in [5.74, 6) is 1.67. The zero-order chi connectivity index (χ0) is 42.8. The zero-order valence-electron chi connectivity index (χ0n) is 36.1. The summed E-state index contributed by atoms with van der Waals surface area (Å²) in [4.78, 5) is 18.3. The van der Waals surface area contributed by atoms with E-state index < -0.39 is 8.80 Å². The molecule has 0 amide bonds. The average molecular weight is 953 g/mol. The second-order valence-electron chi connectivity index (χ2n) is 17.4. The van der Waals surface area contributed by atoms with Gasteiger partial charge in [-0.15, -0.1) is 45.3 Å². The number of hydrogen-bond donors (Lipinski definition) is 0. The number of thiophene rings is 4.